The number of carbonyl (C=O) groups is 1. The molecule has 2 aromatic rings. The molecule has 0 radical (unpaired) electrons. The number of aryl methyl sites for hydroxylation is 1. The largest absolute Gasteiger partial charge is 0.356 e. The van der Waals surface area contributed by atoms with Gasteiger partial charge in [0.05, 0.1) is 4.90 Å². The van der Waals surface area contributed by atoms with E-state index in [0.717, 1.165) is 24.0 Å². The van der Waals surface area contributed by atoms with Crippen molar-refractivity contribution in [1.29, 1.82) is 0 Å². The van der Waals surface area contributed by atoms with Crippen molar-refractivity contribution < 1.29 is 13.2 Å². The SMILES string of the molecule is CCCCNC(=O)CCc1ccc(S(=O)(=O)NCCc2ccccc2)cc1. The Bertz CT molecular complexity index is 803. The van der Waals surface area contributed by atoms with E-state index in [1.54, 1.807) is 24.3 Å². The van der Waals surface area contributed by atoms with Crippen molar-refractivity contribution in [2.24, 2.45) is 0 Å². The van der Waals surface area contributed by atoms with Crippen LogP contribution in [0.5, 0.6) is 0 Å². The van der Waals surface area contributed by atoms with Crippen LogP contribution in [0.1, 0.15) is 37.3 Å². The third kappa shape index (κ3) is 7.53. The van der Waals surface area contributed by atoms with Gasteiger partial charge in [-0.1, -0.05) is 55.8 Å². The van der Waals surface area contributed by atoms with Crippen LogP contribution in [0.25, 0.3) is 0 Å². The molecule has 0 aliphatic carbocycles. The summed E-state index contributed by atoms with van der Waals surface area (Å²) in [5.74, 6) is 0.0303. The fraction of sp³-hybridized carbons (Fsp3) is 0.381. The molecule has 0 saturated heterocycles. The Labute approximate surface area is 162 Å². The molecule has 27 heavy (non-hydrogen) atoms. The van der Waals surface area contributed by atoms with E-state index in [-0.39, 0.29) is 10.8 Å². The zero-order valence-corrected chi connectivity index (χ0v) is 16.6. The maximum Gasteiger partial charge on any atom is 0.240 e. The average Bonchev–Trinajstić information content (AvgIpc) is 2.68. The summed E-state index contributed by atoms with van der Waals surface area (Å²) in [5, 5.41) is 2.88. The Kier molecular flexibility index (Phi) is 8.48. The van der Waals surface area contributed by atoms with E-state index in [4.69, 9.17) is 0 Å². The quantitative estimate of drug-likeness (QED) is 0.581. The summed E-state index contributed by atoms with van der Waals surface area (Å²) in [5.41, 5.74) is 2.04. The first kappa shape index (κ1) is 21.1. The lowest BCUT2D eigenvalue weighted by Gasteiger charge is -2.08. The van der Waals surface area contributed by atoms with Gasteiger partial charge in [-0.25, -0.2) is 13.1 Å². The van der Waals surface area contributed by atoms with Crippen LogP contribution in [0.2, 0.25) is 0 Å². The highest BCUT2D eigenvalue weighted by atomic mass is 32.2. The number of sulfonamides is 1. The van der Waals surface area contributed by atoms with E-state index in [1.165, 1.54) is 0 Å². The normalized spacial score (nSPS) is 11.3. The van der Waals surface area contributed by atoms with E-state index >= 15 is 0 Å². The van der Waals surface area contributed by atoms with Gasteiger partial charge in [0.15, 0.2) is 0 Å². The van der Waals surface area contributed by atoms with Crippen LogP contribution in [0.4, 0.5) is 0 Å². The second-order valence-electron chi connectivity index (χ2n) is 6.48. The first-order valence-electron chi connectivity index (χ1n) is 9.40. The predicted molar refractivity (Wildman–Crippen MR) is 108 cm³/mol. The van der Waals surface area contributed by atoms with E-state index in [9.17, 15) is 13.2 Å². The van der Waals surface area contributed by atoms with Gasteiger partial charge in [-0.15, -0.1) is 0 Å². The number of nitrogens with one attached hydrogen (secondary N) is 2. The van der Waals surface area contributed by atoms with Crippen molar-refractivity contribution in [3.05, 3.63) is 65.7 Å². The molecule has 0 fully saturated rings. The van der Waals surface area contributed by atoms with Crippen molar-refractivity contribution in [2.75, 3.05) is 13.1 Å². The zero-order chi connectivity index (χ0) is 19.5. The van der Waals surface area contributed by atoms with Crippen LogP contribution in [0.3, 0.4) is 0 Å². The van der Waals surface area contributed by atoms with Crippen molar-refractivity contribution in [3.8, 4) is 0 Å². The lowest BCUT2D eigenvalue weighted by atomic mass is 10.1. The molecule has 2 rings (SSSR count). The summed E-state index contributed by atoms with van der Waals surface area (Å²) >= 11 is 0. The maximum atomic E-state index is 12.4. The number of amides is 1. The highest BCUT2D eigenvalue weighted by molar-refractivity contribution is 7.89. The Morgan fingerprint density at radius 3 is 2.22 bits per heavy atom. The van der Waals surface area contributed by atoms with E-state index in [0.29, 0.717) is 32.4 Å². The summed E-state index contributed by atoms with van der Waals surface area (Å²) in [4.78, 5) is 12.0. The van der Waals surface area contributed by atoms with Crippen LogP contribution in [-0.4, -0.2) is 27.4 Å². The lowest BCUT2D eigenvalue weighted by molar-refractivity contribution is -0.121. The zero-order valence-electron chi connectivity index (χ0n) is 15.8. The molecule has 0 aliphatic heterocycles. The Morgan fingerprint density at radius 2 is 1.56 bits per heavy atom. The fourth-order valence-corrected chi connectivity index (χ4v) is 3.68. The second-order valence-corrected chi connectivity index (χ2v) is 8.25. The van der Waals surface area contributed by atoms with Gasteiger partial charge >= 0.3 is 0 Å². The van der Waals surface area contributed by atoms with Crippen molar-refractivity contribution in [2.45, 2.75) is 43.9 Å². The standard InChI is InChI=1S/C21H28N2O3S/c1-2-3-16-22-21(24)14-11-19-9-12-20(13-10-19)27(25,26)23-17-15-18-7-5-4-6-8-18/h4-10,12-13,23H,2-3,11,14-17H2,1H3,(H,22,24). The Morgan fingerprint density at radius 1 is 0.889 bits per heavy atom. The van der Waals surface area contributed by atoms with Gasteiger partial charge in [0.2, 0.25) is 15.9 Å². The fourth-order valence-electron chi connectivity index (χ4n) is 2.64. The third-order valence-electron chi connectivity index (χ3n) is 4.28. The van der Waals surface area contributed by atoms with Gasteiger partial charge < -0.3 is 5.32 Å². The van der Waals surface area contributed by atoms with Crippen LogP contribution in [-0.2, 0) is 27.7 Å². The Hall–Kier alpha value is -2.18. The highest BCUT2D eigenvalue weighted by Crippen LogP contribution is 2.12. The smallest absolute Gasteiger partial charge is 0.240 e. The third-order valence-corrected chi connectivity index (χ3v) is 5.75. The van der Waals surface area contributed by atoms with Crippen molar-refractivity contribution >= 4 is 15.9 Å². The van der Waals surface area contributed by atoms with Crippen molar-refractivity contribution in [1.82, 2.24) is 10.0 Å². The molecule has 1 amide bonds. The minimum Gasteiger partial charge on any atom is -0.356 e. The molecule has 0 saturated carbocycles. The summed E-state index contributed by atoms with van der Waals surface area (Å²) in [6.07, 6.45) is 3.68. The number of rotatable bonds is 11. The van der Waals surface area contributed by atoms with E-state index in [2.05, 4.69) is 17.0 Å². The van der Waals surface area contributed by atoms with E-state index in [1.807, 2.05) is 30.3 Å². The molecule has 0 spiro atoms. The molecule has 2 N–H and O–H groups in total. The van der Waals surface area contributed by atoms with Crippen molar-refractivity contribution in [3.63, 3.8) is 0 Å². The topological polar surface area (TPSA) is 75.3 Å². The molecule has 0 heterocycles. The first-order valence-corrected chi connectivity index (χ1v) is 10.9. The predicted octanol–water partition coefficient (Wildman–Crippen LogP) is 3.06. The molecule has 0 unspecified atom stereocenters. The molecule has 6 heteroatoms. The summed E-state index contributed by atoms with van der Waals surface area (Å²) in [6, 6.07) is 16.5. The molecule has 5 nitrogen and oxygen atoms in total. The minimum atomic E-state index is -3.52. The van der Waals surface area contributed by atoms with E-state index < -0.39 is 10.0 Å². The van der Waals surface area contributed by atoms with Gasteiger partial charge in [0.25, 0.3) is 0 Å². The molecule has 0 aromatic heterocycles. The van der Waals surface area contributed by atoms with Crippen LogP contribution < -0.4 is 10.0 Å². The summed E-state index contributed by atoms with van der Waals surface area (Å²) in [7, 11) is -3.52. The highest BCUT2D eigenvalue weighted by Gasteiger charge is 2.13. The lowest BCUT2D eigenvalue weighted by Crippen LogP contribution is -2.26. The number of hydrogen-bond donors (Lipinski definition) is 2. The second kappa shape index (κ2) is 10.8. The van der Waals surface area contributed by atoms with Gasteiger partial charge in [-0.05, 0) is 42.5 Å². The molecule has 0 aliphatic rings. The summed E-state index contributed by atoms with van der Waals surface area (Å²) < 4.78 is 27.4. The van der Waals surface area contributed by atoms with Gasteiger partial charge in [0.1, 0.15) is 0 Å². The minimum absolute atomic E-state index is 0.0303. The molecule has 0 atom stereocenters. The van der Waals surface area contributed by atoms with Gasteiger partial charge in [-0.2, -0.15) is 0 Å². The monoisotopic (exact) mass is 388 g/mol. The van der Waals surface area contributed by atoms with Crippen LogP contribution in [0.15, 0.2) is 59.5 Å². The Balaban J connectivity index is 1.81. The first-order chi connectivity index (χ1) is 13.0. The summed E-state index contributed by atoms with van der Waals surface area (Å²) in [6.45, 7) is 3.14. The average molecular weight is 389 g/mol. The van der Waals surface area contributed by atoms with Gasteiger partial charge in [0, 0.05) is 19.5 Å². The van der Waals surface area contributed by atoms with Crippen LogP contribution in [0, 0.1) is 0 Å². The number of hydrogen-bond acceptors (Lipinski definition) is 3. The maximum absolute atomic E-state index is 12.4. The van der Waals surface area contributed by atoms with Crippen LogP contribution >= 0.6 is 0 Å². The molecular formula is C21H28N2O3S. The molecule has 0 bridgehead atoms. The molecule has 146 valence electrons. The number of unbranched alkanes of at least 4 members (excludes halogenated alkanes) is 1. The molecule has 2 aromatic carbocycles. The number of benzene rings is 2. The van der Waals surface area contributed by atoms with Gasteiger partial charge in [-0.3, -0.25) is 4.79 Å². The number of carbonyl (C=O) groups excluding carboxylic acids is 1. The molecular weight excluding hydrogens is 360 g/mol.